The van der Waals surface area contributed by atoms with Gasteiger partial charge >= 0.3 is 6.18 Å². The van der Waals surface area contributed by atoms with E-state index in [-0.39, 0.29) is 5.56 Å². The Balaban J connectivity index is 2.67. The molecule has 0 aliphatic heterocycles. The third-order valence-electron chi connectivity index (χ3n) is 2.51. The van der Waals surface area contributed by atoms with Gasteiger partial charge < -0.3 is 5.11 Å². The Morgan fingerprint density at radius 1 is 1.00 bits per heavy atom. The maximum atomic E-state index is 12.5. The summed E-state index contributed by atoms with van der Waals surface area (Å²) in [7, 11) is 0. The summed E-state index contributed by atoms with van der Waals surface area (Å²) < 4.78 is 38.2. The molecule has 1 nitrogen and oxygen atoms in total. The van der Waals surface area contributed by atoms with Gasteiger partial charge in [-0.1, -0.05) is 46.3 Å². The van der Waals surface area contributed by atoms with Crippen LogP contribution in [0.4, 0.5) is 13.2 Å². The second-order valence-electron chi connectivity index (χ2n) is 3.63. The van der Waals surface area contributed by atoms with Crippen molar-refractivity contribution in [1.29, 1.82) is 0 Å². The molecule has 0 radical (unpaired) electrons. The molecule has 1 N–H and O–H groups in total. The third-order valence-corrected chi connectivity index (χ3v) is 3.20. The summed E-state index contributed by atoms with van der Waals surface area (Å²) in [6, 6.07) is 9.42. The lowest BCUT2D eigenvalue weighted by Gasteiger charge is -2.17. The fourth-order valence-corrected chi connectivity index (χ4v) is 2.18. The lowest BCUT2D eigenvalue weighted by molar-refractivity contribution is -0.206. The normalized spacial score (nSPS) is 13.9. The Morgan fingerprint density at radius 2 is 1.59 bits per heavy atom. The first-order valence-corrected chi connectivity index (χ1v) is 5.62. The Morgan fingerprint density at radius 3 is 2.18 bits per heavy atom. The van der Waals surface area contributed by atoms with Crippen molar-refractivity contribution in [3.63, 3.8) is 0 Å². The summed E-state index contributed by atoms with van der Waals surface area (Å²) in [5.74, 6) is 0. The minimum atomic E-state index is -4.66. The molecule has 2 rings (SSSR count). The van der Waals surface area contributed by atoms with Crippen LogP contribution in [-0.4, -0.2) is 11.3 Å². The van der Waals surface area contributed by atoms with E-state index in [9.17, 15) is 18.3 Å². The van der Waals surface area contributed by atoms with Gasteiger partial charge in [0.05, 0.1) is 0 Å². The molecule has 1 unspecified atom stereocenters. The first kappa shape index (κ1) is 12.4. The molecule has 0 saturated carbocycles. The zero-order valence-corrected chi connectivity index (χ0v) is 10.1. The molecule has 0 aliphatic rings. The highest BCUT2D eigenvalue weighted by Gasteiger charge is 2.40. The van der Waals surface area contributed by atoms with Crippen molar-refractivity contribution in [3.8, 4) is 0 Å². The molecule has 0 bridgehead atoms. The van der Waals surface area contributed by atoms with Crippen molar-refractivity contribution in [3.05, 3.63) is 46.4 Å². The molecular formula is C12H8BrF3O. The average molecular weight is 305 g/mol. The van der Waals surface area contributed by atoms with E-state index in [2.05, 4.69) is 15.9 Å². The number of aliphatic hydroxyl groups is 1. The lowest BCUT2D eigenvalue weighted by atomic mass is 10.0. The predicted molar refractivity (Wildman–Crippen MR) is 62.7 cm³/mol. The highest BCUT2D eigenvalue weighted by atomic mass is 79.9. The summed E-state index contributed by atoms with van der Waals surface area (Å²) in [4.78, 5) is 0. The molecule has 90 valence electrons. The second-order valence-corrected chi connectivity index (χ2v) is 4.48. The molecule has 0 fully saturated rings. The quantitative estimate of drug-likeness (QED) is 0.837. The van der Waals surface area contributed by atoms with Crippen LogP contribution in [0.25, 0.3) is 10.8 Å². The number of rotatable bonds is 1. The Hall–Kier alpha value is -1.07. The Kier molecular flexibility index (Phi) is 3.14. The number of hydrogen-bond donors (Lipinski definition) is 1. The van der Waals surface area contributed by atoms with Crippen LogP contribution in [0.2, 0.25) is 0 Å². The van der Waals surface area contributed by atoms with Crippen molar-refractivity contribution in [2.24, 2.45) is 0 Å². The molecule has 2 aromatic rings. The topological polar surface area (TPSA) is 20.2 Å². The van der Waals surface area contributed by atoms with Gasteiger partial charge in [-0.2, -0.15) is 13.2 Å². The molecule has 0 saturated heterocycles. The van der Waals surface area contributed by atoms with E-state index in [0.717, 1.165) is 0 Å². The van der Waals surface area contributed by atoms with Gasteiger partial charge in [0.2, 0.25) is 0 Å². The van der Waals surface area contributed by atoms with E-state index in [1.807, 2.05) is 0 Å². The summed E-state index contributed by atoms with van der Waals surface area (Å²) in [6.07, 6.45) is -7.11. The van der Waals surface area contributed by atoms with Gasteiger partial charge in [0.25, 0.3) is 0 Å². The number of alkyl halides is 3. The van der Waals surface area contributed by atoms with Crippen LogP contribution in [0.15, 0.2) is 40.9 Å². The molecule has 2 aromatic carbocycles. The predicted octanol–water partition coefficient (Wildman–Crippen LogP) is 4.20. The van der Waals surface area contributed by atoms with Crippen molar-refractivity contribution in [1.82, 2.24) is 0 Å². The third kappa shape index (κ3) is 2.30. The van der Waals surface area contributed by atoms with Crippen LogP contribution < -0.4 is 0 Å². The molecule has 0 aliphatic carbocycles. The number of fused-ring (bicyclic) bond motifs is 1. The average Bonchev–Trinajstić information content (AvgIpc) is 2.28. The minimum absolute atomic E-state index is 0.128. The van der Waals surface area contributed by atoms with Crippen LogP contribution >= 0.6 is 15.9 Å². The van der Waals surface area contributed by atoms with E-state index in [1.165, 1.54) is 12.1 Å². The Bertz CT molecular complexity index is 551. The van der Waals surface area contributed by atoms with Gasteiger partial charge in [0, 0.05) is 4.47 Å². The second kappa shape index (κ2) is 4.31. The molecule has 0 amide bonds. The van der Waals surface area contributed by atoms with Crippen LogP contribution in [0, 0.1) is 0 Å². The fourth-order valence-electron chi connectivity index (χ4n) is 1.70. The SMILES string of the molecule is OC(c1ccc(Br)c2ccccc12)C(F)(F)F. The van der Waals surface area contributed by atoms with Gasteiger partial charge in [0.1, 0.15) is 0 Å². The van der Waals surface area contributed by atoms with Crippen LogP contribution in [0.5, 0.6) is 0 Å². The van der Waals surface area contributed by atoms with Gasteiger partial charge in [0.15, 0.2) is 6.10 Å². The van der Waals surface area contributed by atoms with Gasteiger partial charge in [-0.05, 0) is 22.4 Å². The molecule has 5 heteroatoms. The van der Waals surface area contributed by atoms with E-state index >= 15 is 0 Å². The fraction of sp³-hybridized carbons (Fsp3) is 0.167. The van der Waals surface area contributed by atoms with Crippen LogP contribution in [-0.2, 0) is 0 Å². The summed E-state index contributed by atoms with van der Waals surface area (Å²) in [6.45, 7) is 0. The number of halogens is 4. The number of aliphatic hydroxyl groups excluding tert-OH is 1. The molecule has 0 spiro atoms. The lowest BCUT2D eigenvalue weighted by Crippen LogP contribution is -2.20. The van der Waals surface area contributed by atoms with Crippen molar-refractivity contribution < 1.29 is 18.3 Å². The summed E-state index contributed by atoms with van der Waals surface area (Å²) in [5.41, 5.74) is -0.128. The molecule has 1 atom stereocenters. The van der Waals surface area contributed by atoms with Crippen molar-refractivity contribution in [2.45, 2.75) is 12.3 Å². The summed E-state index contributed by atoms with van der Waals surface area (Å²) >= 11 is 3.27. The zero-order valence-electron chi connectivity index (χ0n) is 8.50. The van der Waals surface area contributed by atoms with Crippen molar-refractivity contribution >= 4 is 26.7 Å². The summed E-state index contributed by atoms with van der Waals surface area (Å²) in [5, 5.41) is 10.3. The largest absolute Gasteiger partial charge is 0.418 e. The smallest absolute Gasteiger partial charge is 0.379 e. The van der Waals surface area contributed by atoms with E-state index in [4.69, 9.17) is 0 Å². The molecule has 0 heterocycles. The first-order valence-electron chi connectivity index (χ1n) is 4.83. The van der Waals surface area contributed by atoms with Crippen LogP contribution in [0.3, 0.4) is 0 Å². The maximum Gasteiger partial charge on any atom is 0.418 e. The first-order chi connectivity index (χ1) is 7.91. The minimum Gasteiger partial charge on any atom is -0.379 e. The Labute approximate surface area is 104 Å². The van der Waals surface area contributed by atoms with Crippen LogP contribution in [0.1, 0.15) is 11.7 Å². The maximum absolute atomic E-state index is 12.5. The molecular weight excluding hydrogens is 297 g/mol. The van der Waals surface area contributed by atoms with Gasteiger partial charge in [-0.15, -0.1) is 0 Å². The molecule has 0 aromatic heterocycles. The monoisotopic (exact) mass is 304 g/mol. The van der Waals surface area contributed by atoms with E-state index in [1.54, 1.807) is 24.3 Å². The number of hydrogen-bond acceptors (Lipinski definition) is 1. The molecule has 17 heavy (non-hydrogen) atoms. The van der Waals surface area contributed by atoms with E-state index < -0.39 is 12.3 Å². The highest BCUT2D eigenvalue weighted by Crippen LogP contribution is 2.37. The van der Waals surface area contributed by atoms with E-state index in [0.29, 0.717) is 15.2 Å². The number of benzene rings is 2. The van der Waals surface area contributed by atoms with Gasteiger partial charge in [-0.25, -0.2) is 0 Å². The highest BCUT2D eigenvalue weighted by molar-refractivity contribution is 9.10. The standard InChI is InChI=1S/C12H8BrF3O/c13-10-6-5-9(11(17)12(14,15)16)7-3-1-2-4-8(7)10/h1-6,11,17H. The van der Waals surface area contributed by atoms with Crippen molar-refractivity contribution in [2.75, 3.05) is 0 Å². The van der Waals surface area contributed by atoms with Gasteiger partial charge in [-0.3, -0.25) is 0 Å². The zero-order chi connectivity index (χ0) is 12.6.